The average Bonchev–Trinajstić information content (AvgIpc) is 3.33. The highest BCUT2D eigenvalue weighted by Gasteiger charge is 2.24. The molecular formula is C27H33N5O3S. The first kappa shape index (κ1) is 25.8. The summed E-state index contributed by atoms with van der Waals surface area (Å²) in [7, 11) is 1.59. The van der Waals surface area contributed by atoms with E-state index in [9.17, 15) is 9.59 Å². The largest absolute Gasteiger partial charge is 0.497 e. The predicted octanol–water partition coefficient (Wildman–Crippen LogP) is 3.81. The Morgan fingerprint density at radius 2 is 1.78 bits per heavy atom. The van der Waals surface area contributed by atoms with Crippen LogP contribution >= 0.6 is 11.8 Å². The van der Waals surface area contributed by atoms with Crippen molar-refractivity contribution >= 4 is 23.6 Å². The van der Waals surface area contributed by atoms with Crippen LogP contribution in [0.3, 0.4) is 0 Å². The summed E-state index contributed by atoms with van der Waals surface area (Å²) in [6.45, 7) is 4.53. The zero-order valence-electron chi connectivity index (χ0n) is 20.9. The summed E-state index contributed by atoms with van der Waals surface area (Å²) in [5.41, 5.74) is 1.92. The van der Waals surface area contributed by atoms with Gasteiger partial charge in [0, 0.05) is 25.2 Å². The number of nitrogens with zero attached hydrogens (tertiary/aromatic N) is 4. The summed E-state index contributed by atoms with van der Waals surface area (Å²) in [5.74, 6) is 2.27. The molecule has 1 fully saturated rings. The van der Waals surface area contributed by atoms with E-state index in [2.05, 4.69) is 39.8 Å². The normalized spacial score (nSPS) is 14.0. The van der Waals surface area contributed by atoms with Crippen molar-refractivity contribution in [3.63, 3.8) is 0 Å². The molecule has 0 atom stereocenters. The molecule has 8 nitrogen and oxygen atoms in total. The monoisotopic (exact) mass is 507 g/mol. The molecule has 1 aliphatic rings. The number of hydrogen-bond donors (Lipinski definition) is 1. The average molecular weight is 508 g/mol. The second-order valence-electron chi connectivity index (χ2n) is 8.86. The van der Waals surface area contributed by atoms with Crippen LogP contribution in [0.4, 0.5) is 0 Å². The first-order valence-corrected chi connectivity index (χ1v) is 13.3. The molecule has 2 heterocycles. The number of rotatable bonds is 10. The minimum Gasteiger partial charge on any atom is -0.497 e. The third-order valence-corrected chi connectivity index (χ3v) is 7.48. The van der Waals surface area contributed by atoms with Crippen molar-refractivity contribution in [1.29, 1.82) is 0 Å². The Bertz CT molecular complexity index is 1140. The lowest BCUT2D eigenvalue weighted by Crippen LogP contribution is -2.39. The Hall–Kier alpha value is -3.33. The fourth-order valence-electron chi connectivity index (χ4n) is 4.43. The number of nitrogens with one attached hydrogen (secondary N) is 1. The molecule has 0 radical (unpaired) electrons. The molecule has 0 saturated carbocycles. The van der Waals surface area contributed by atoms with Crippen molar-refractivity contribution in [2.75, 3.05) is 26.0 Å². The van der Waals surface area contributed by atoms with Gasteiger partial charge in [-0.1, -0.05) is 42.1 Å². The van der Waals surface area contributed by atoms with Gasteiger partial charge in [0.25, 0.3) is 5.91 Å². The van der Waals surface area contributed by atoms with Crippen molar-refractivity contribution in [2.45, 2.75) is 44.4 Å². The molecule has 3 aromatic rings. The van der Waals surface area contributed by atoms with Gasteiger partial charge in [0.2, 0.25) is 5.91 Å². The molecule has 190 valence electrons. The molecule has 1 aromatic heterocycles. The SMILES string of the molecule is CCn1c(CNC(=O)c2ccc(OC)cc2)nnc1SCC(=O)N1CCC(Cc2ccccc2)CC1. The smallest absolute Gasteiger partial charge is 0.251 e. The van der Waals surface area contributed by atoms with Gasteiger partial charge in [0.1, 0.15) is 5.75 Å². The van der Waals surface area contributed by atoms with Gasteiger partial charge < -0.3 is 19.5 Å². The maximum absolute atomic E-state index is 12.8. The second kappa shape index (κ2) is 12.6. The predicted molar refractivity (Wildman–Crippen MR) is 140 cm³/mol. The van der Waals surface area contributed by atoms with E-state index in [0.29, 0.717) is 40.5 Å². The van der Waals surface area contributed by atoms with Gasteiger partial charge in [0.15, 0.2) is 11.0 Å². The molecule has 1 N–H and O–H groups in total. The maximum atomic E-state index is 12.8. The van der Waals surface area contributed by atoms with Gasteiger partial charge in [-0.15, -0.1) is 10.2 Å². The number of methoxy groups -OCH3 is 1. The zero-order valence-corrected chi connectivity index (χ0v) is 21.7. The zero-order chi connectivity index (χ0) is 25.3. The van der Waals surface area contributed by atoms with Crippen molar-refractivity contribution < 1.29 is 14.3 Å². The van der Waals surface area contributed by atoms with E-state index in [0.717, 1.165) is 32.4 Å². The van der Waals surface area contributed by atoms with E-state index in [-0.39, 0.29) is 18.4 Å². The minimum atomic E-state index is -0.191. The molecule has 36 heavy (non-hydrogen) atoms. The first-order chi connectivity index (χ1) is 17.6. The molecule has 2 aromatic carbocycles. The third-order valence-electron chi connectivity index (χ3n) is 6.53. The van der Waals surface area contributed by atoms with Gasteiger partial charge in [-0.25, -0.2) is 0 Å². The number of likely N-dealkylation sites (tertiary alicyclic amines) is 1. The molecule has 0 unspecified atom stereocenters. The Kier molecular flexibility index (Phi) is 9.00. The number of piperidine rings is 1. The summed E-state index contributed by atoms with van der Waals surface area (Å²) >= 11 is 1.40. The molecule has 9 heteroatoms. The fraction of sp³-hybridized carbons (Fsp3) is 0.407. The van der Waals surface area contributed by atoms with Crippen LogP contribution in [-0.2, 0) is 24.3 Å². The summed E-state index contributed by atoms with van der Waals surface area (Å²) in [5, 5.41) is 12.1. The van der Waals surface area contributed by atoms with Crippen molar-refractivity contribution in [3.8, 4) is 5.75 Å². The number of benzene rings is 2. The van der Waals surface area contributed by atoms with Gasteiger partial charge in [0.05, 0.1) is 19.4 Å². The van der Waals surface area contributed by atoms with Crippen LogP contribution < -0.4 is 10.1 Å². The molecular weight excluding hydrogens is 474 g/mol. The van der Waals surface area contributed by atoms with Crippen molar-refractivity contribution in [3.05, 3.63) is 71.5 Å². The van der Waals surface area contributed by atoms with Crippen molar-refractivity contribution in [1.82, 2.24) is 25.0 Å². The number of aromatic nitrogens is 3. The summed E-state index contributed by atoms with van der Waals surface area (Å²) < 4.78 is 7.08. The minimum absolute atomic E-state index is 0.137. The Balaban J connectivity index is 1.24. The fourth-order valence-corrected chi connectivity index (χ4v) is 5.35. The summed E-state index contributed by atoms with van der Waals surface area (Å²) in [4.78, 5) is 27.3. The molecule has 1 saturated heterocycles. The van der Waals surface area contributed by atoms with Crippen LogP contribution in [0.1, 0.15) is 41.5 Å². The van der Waals surface area contributed by atoms with E-state index in [1.807, 2.05) is 22.5 Å². The van der Waals surface area contributed by atoms with Crippen molar-refractivity contribution in [2.24, 2.45) is 5.92 Å². The molecule has 1 aliphatic heterocycles. The van der Waals surface area contributed by atoms with Gasteiger partial charge >= 0.3 is 0 Å². The third kappa shape index (κ3) is 6.66. The van der Waals surface area contributed by atoms with Crippen LogP contribution in [0.15, 0.2) is 59.8 Å². The molecule has 4 rings (SSSR count). The summed E-state index contributed by atoms with van der Waals surface area (Å²) in [6.07, 6.45) is 3.15. The standard InChI is InChI=1S/C27H33N5O3S/c1-3-32-24(18-28-26(34)22-9-11-23(35-2)12-10-22)29-30-27(32)36-19-25(33)31-15-13-21(14-16-31)17-20-7-5-4-6-8-20/h4-12,21H,3,13-19H2,1-2H3,(H,28,34). The first-order valence-electron chi connectivity index (χ1n) is 12.4. The number of thioether (sulfide) groups is 1. The van der Waals surface area contributed by atoms with Crippen LogP contribution in [0, 0.1) is 5.92 Å². The highest BCUT2D eigenvalue weighted by molar-refractivity contribution is 7.99. The molecule has 0 bridgehead atoms. The lowest BCUT2D eigenvalue weighted by molar-refractivity contribution is -0.129. The Labute approximate surface area is 216 Å². The van der Waals surface area contributed by atoms with Crippen LogP contribution in [-0.4, -0.2) is 57.4 Å². The number of carbonyl (C=O) groups excluding carboxylic acids is 2. The van der Waals surface area contributed by atoms with Gasteiger partial charge in [-0.05, 0) is 61.9 Å². The van der Waals surface area contributed by atoms with E-state index < -0.39 is 0 Å². The summed E-state index contributed by atoms with van der Waals surface area (Å²) in [6, 6.07) is 17.5. The number of hydrogen-bond acceptors (Lipinski definition) is 6. The Morgan fingerprint density at radius 3 is 2.44 bits per heavy atom. The lowest BCUT2D eigenvalue weighted by Gasteiger charge is -2.32. The van der Waals surface area contributed by atoms with Crippen LogP contribution in [0.25, 0.3) is 0 Å². The molecule has 0 spiro atoms. The van der Waals surface area contributed by atoms with E-state index in [1.165, 1.54) is 17.3 Å². The van der Waals surface area contributed by atoms with E-state index >= 15 is 0 Å². The van der Waals surface area contributed by atoms with E-state index in [4.69, 9.17) is 4.74 Å². The topological polar surface area (TPSA) is 89.4 Å². The number of carbonyl (C=O) groups is 2. The molecule has 2 amide bonds. The number of ether oxygens (including phenoxy) is 1. The quantitative estimate of drug-likeness (QED) is 0.420. The van der Waals surface area contributed by atoms with Gasteiger partial charge in [-0.3, -0.25) is 9.59 Å². The highest BCUT2D eigenvalue weighted by Crippen LogP contribution is 2.24. The molecule has 0 aliphatic carbocycles. The second-order valence-corrected chi connectivity index (χ2v) is 9.80. The lowest BCUT2D eigenvalue weighted by atomic mass is 9.90. The van der Waals surface area contributed by atoms with E-state index in [1.54, 1.807) is 31.4 Å². The van der Waals surface area contributed by atoms with Crippen LogP contribution in [0.2, 0.25) is 0 Å². The maximum Gasteiger partial charge on any atom is 0.251 e. The number of amides is 2. The van der Waals surface area contributed by atoms with Crippen LogP contribution in [0.5, 0.6) is 5.75 Å². The Morgan fingerprint density at radius 1 is 1.06 bits per heavy atom. The van der Waals surface area contributed by atoms with Gasteiger partial charge in [-0.2, -0.15) is 0 Å². The highest BCUT2D eigenvalue weighted by atomic mass is 32.2.